The molecule has 0 radical (unpaired) electrons. The molecule has 2 N–H and O–H groups in total. The molecule has 2 atom stereocenters. The van der Waals surface area contributed by atoms with Gasteiger partial charge in [0.15, 0.2) is 5.82 Å². The lowest BCUT2D eigenvalue weighted by Crippen LogP contribution is -2.36. The SMILES string of the molecule is C1=CC2N=C(c3ccc(OCCOCCOc4ccc(-c5nc6ccc(N7CCCC7)cc6[nH]5)nc4)cn3)NC2C=C1N1CCCC1. The molecule has 1 aromatic carbocycles. The van der Waals surface area contributed by atoms with Gasteiger partial charge < -0.3 is 34.3 Å². The van der Waals surface area contributed by atoms with Gasteiger partial charge in [0.2, 0.25) is 0 Å². The Morgan fingerprint density at radius 2 is 1.47 bits per heavy atom. The van der Waals surface area contributed by atoms with E-state index in [0.29, 0.717) is 37.9 Å². The fourth-order valence-electron chi connectivity index (χ4n) is 6.62. The van der Waals surface area contributed by atoms with Gasteiger partial charge >= 0.3 is 0 Å². The molecule has 0 amide bonds. The van der Waals surface area contributed by atoms with Gasteiger partial charge in [0.05, 0.1) is 48.7 Å². The Kier molecular flexibility index (Phi) is 8.44. The third kappa shape index (κ3) is 6.66. The van der Waals surface area contributed by atoms with Crippen molar-refractivity contribution in [1.29, 1.82) is 0 Å². The van der Waals surface area contributed by atoms with Gasteiger partial charge in [0.25, 0.3) is 0 Å². The second-order valence-electron chi connectivity index (χ2n) is 12.3. The van der Waals surface area contributed by atoms with E-state index in [9.17, 15) is 0 Å². The molecule has 2 unspecified atom stereocenters. The molecule has 6 heterocycles. The molecule has 3 aromatic heterocycles. The van der Waals surface area contributed by atoms with Gasteiger partial charge in [0, 0.05) is 37.6 Å². The fourth-order valence-corrected chi connectivity index (χ4v) is 6.62. The number of benzene rings is 1. The summed E-state index contributed by atoms with van der Waals surface area (Å²) in [7, 11) is 0. The Balaban J connectivity index is 0.743. The molecule has 11 heteroatoms. The summed E-state index contributed by atoms with van der Waals surface area (Å²) in [6.07, 6.45) is 15.2. The topological polar surface area (TPSA) is 113 Å². The number of pyridine rings is 2. The number of nitrogens with zero attached hydrogens (tertiary/aromatic N) is 6. The summed E-state index contributed by atoms with van der Waals surface area (Å²) < 4.78 is 17.3. The van der Waals surface area contributed by atoms with E-state index in [1.807, 2.05) is 24.3 Å². The van der Waals surface area contributed by atoms with E-state index in [4.69, 9.17) is 24.2 Å². The summed E-state index contributed by atoms with van der Waals surface area (Å²) >= 11 is 0. The van der Waals surface area contributed by atoms with E-state index < -0.39 is 0 Å². The minimum atomic E-state index is 0.113. The highest BCUT2D eigenvalue weighted by Crippen LogP contribution is 2.27. The summed E-state index contributed by atoms with van der Waals surface area (Å²) in [6, 6.07) is 14.4. The van der Waals surface area contributed by atoms with Crippen LogP contribution in [0.3, 0.4) is 0 Å². The van der Waals surface area contributed by atoms with Crippen molar-refractivity contribution >= 4 is 22.6 Å². The average molecular weight is 633 g/mol. The van der Waals surface area contributed by atoms with Crippen LogP contribution in [0.2, 0.25) is 0 Å². The highest BCUT2D eigenvalue weighted by Gasteiger charge is 2.30. The summed E-state index contributed by atoms with van der Waals surface area (Å²) in [4.78, 5) is 27.0. The van der Waals surface area contributed by atoms with Crippen LogP contribution in [0.15, 0.2) is 83.8 Å². The monoisotopic (exact) mass is 632 g/mol. The highest BCUT2D eigenvalue weighted by molar-refractivity contribution is 5.99. The van der Waals surface area contributed by atoms with Crippen LogP contribution in [-0.4, -0.2) is 95.4 Å². The predicted molar refractivity (Wildman–Crippen MR) is 182 cm³/mol. The number of fused-ring (bicyclic) bond motifs is 2. The number of aromatic amines is 1. The Bertz CT molecular complexity index is 1770. The molecule has 0 saturated carbocycles. The molecule has 0 spiro atoms. The quantitative estimate of drug-likeness (QED) is 0.214. The minimum absolute atomic E-state index is 0.113. The number of hydrogen-bond acceptors (Lipinski definition) is 10. The number of hydrogen-bond donors (Lipinski definition) is 2. The number of imidazole rings is 1. The van der Waals surface area contributed by atoms with Crippen LogP contribution in [0.4, 0.5) is 5.69 Å². The van der Waals surface area contributed by atoms with E-state index in [0.717, 1.165) is 60.3 Å². The van der Waals surface area contributed by atoms with Crippen molar-refractivity contribution < 1.29 is 14.2 Å². The van der Waals surface area contributed by atoms with Gasteiger partial charge in [0.1, 0.15) is 41.9 Å². The standard InChI is InChI=1S/C36H40N8O3/c1-2-14-43(13-1)25-5-9-29-33(21-25)41-35(39-29)31-11-7-27(23-37-31)46-19-17-45-18-20-47-28-8-12-32(38-24-28)36-40-30-10-6-26(22-34(30)42-36)44-15-3-4-16-44/h5-12,21-24,29,33H,1-4,13-20H2,(H,39,41)(H,40,42). The smallest absolute Gasteiger partial charge is 0.157 e. The number of likely N-dealkylation sites (tertiary alicyclic amines) is 1. The second-order valence-corrected chi connectivity index (χ2v) is 12.3. The summed E-state index contributed by atoms with van der Waals surface area (Å²) in [5, 5.41) is 3.54. The third-order valence-electron chi connectivity index (χ3n) is 9.12. The number of amidine groups is 1. The fraction of sp³-hybridized carbons (Fsp3) is 0.389. The third-order valence-corrected chi connectivity index (χ3v) is 9.12. The first kappa shape index (κ1) is 29.5. The molecule has 4 aliphatic rings. The van der Waals surface area contributed by atoms with Crippen molar-refractivity contribution in [1.82, 2.24) is 30.2 Å². The zero-order valence-corrected chi connectivity index (χ0v) is 26.5. The lowest BCUT2D eigenvalue weighted by Gasteiger charge is -2.25. The highest BCUT2D eigenvalue weighted by atomic mass is 16.5. The Hall–Kier alpha value is -4.90. The van der Waals surface area contributed by atoms with Gasteiger partial charge in [-0.05, 0) is 80.3 Å². The Morgan fingerprint density at radius 1 is 0.766 bits per heavy atom. The van der Waals surface area contributed by atoms with E-state index in [-0.39, 0.29) is 12.1 Å². The maximum absolute atomic E-state index is 5.83. The van der Waals surface area contributed by atoms with Crippen LogP contribution >= 0.6 is 0 Å². The van der Waals surface area contributed by atoms with Crippen molar-refractivity contribution in [3.05, 3.63) is 84.5 Å². The molecule has 242 valence electrons. The zero-order chi connectivity index (χ0) is 31.4. The van der Waals surface area contributed by atoms with Crippen LogP contribution in [0, 0.1) is 0 Å². The van der Waals surface area contributed by atoms with E-state index in [1.165, 1.54) is 37.1 Å². The predicted octanol–water partition coefficient (Wildman–Crippen LogP) is 4.73. The van der Waals surface area contributed by atoms with Crippen LogP contribution in [0.5, 0.6) is 11.5 Å². The van der Waals surface area contributed by atoms with Crippen LogP contribution in [-0.2, 0) is 4.74 Å². The molecule has 1 aliphatic carbocycles. The summed E-state index contributed by atoms with van der Waals surface area (Å²) in [5.41, 5.74) is 6.10. The lowest BCUT2D eigenvalue weighted by atomic mass is 10.0. The van der Waals surface area contributed by atoms with Crippen molar-refractivity contribution in [2.24, 2.45) is 4.99 Å². The Labute approximate surface area is 274 Å². The first-order chi connectivity index (χ1) is 23.2. The number of aliphatic imine (C=N–C) groups is 1. The van der Waals surface area contributed by atoms with Gasteiger partial charge in [-0.2, -0.15) is 0 Å². The average Bonchev–Trinajstić information content (AvgIpc) is 3.94. The van der Waals surface area contributed by atoms with Gasteiger partial charge in [-0.15, -0.1) is 0 Å². The number of aromatic nitrogens is 4. The first-order valence-corrected chi connectivity index (χ1v) is 16.8. The van der Waals surface area contributed by atoms with E-state index >= 15 is 0 Å². The molecule has 8 rings (SSSR count). The normalized spacial score (nSPS) is 20.3. The molecule has 0 bridgehead atoms. The summed E-state index contributed by atoms with van der Waals surface area (Å²) in [6.45, 7) is 6.25. The molecule has 3 aliphatic heterocycles. The molecule has 4 aromatic rings. The van der Waals surface area contributed by atoms with Crippen LogP contribution < -0.4 is 19.7 Å². The molecule has 2 saturated heterocycles. The lowest BCUT2D eigenvalue weighted by molar-refractivity contribution is 0.0762. The van der Waals surface area contributed by atoms with Gasteiger partial charge in [-0.25, -0.2) is 15.0 Å². The molecule has 2 fully saturated rings. The summed E-state index contributed by atoms with van der Waals surface area (Å²) in [5.74, 6) is 2.96. The number of anilines is 1. The Morgan fingerprint density at radius 3 is 2.17 bits per heavy atom. The van der Waals surface area contributed by atoms with Crippen LogP contribution in [0.25, 0.3) is 22.6 Å². The zero-order valence-electron chi connectivity index (χ0n) is 26.5. The second kappa shape index (κ2) is 13.4. The number of allylic oxidation sites excluding steroid dienone is 1. The van der Waals surface area contributed by atoms with E-state index in [1.54, 1.807) is 12.4 Å². The number of H-pyrrole nitrogens is 1. The van der Waals surface area contributed by atoms with Crippen LogP contribution in [0.1, 0.15) is 31.4 Å². The van der Waals surface area contributed by atoms with Gasteiger partial charge in [-0.1, -0.05) is 6.08 Å². The first-order valence-electron chi connectivity index (χ1n) is 16.8. The molecular weight excluding hydrogens is 592 g/mol. The molecule has 47 heavy (non-hydrogen) atoms. The maximum atomic E-state index is 5.83. The minimum Gasteiger partial charge on any atom is -0.490 e. The van der Waals surface area contributed by atoms with Crippen molar-refractivity contribution in [3.8, 4) is 23.0 Å². The number of ether oxygens (including phenoxy) is 3. The van der Waals surface area contributed by atoms with Gasteiger partial charge in [-0.3, -0.25) is 4.99 Å². The van der Waals surface area contributed by atoms with Crippen molar-refractivity contribution in [3.63, 3.8) is 0 Å². The number of rotatable bonds is 12. The van der Waals surface area contributed by atoms with Crippen molar-refractivity contribution in [2.75, 3.05) is 57.5 Å². The largest absolute Gasteiger partial charge is 0.490 e. The van der Waals surface area contributed by atoms with Crippen molar-refractivity contribution in [2.45, 2.75) is 37.8 Å². The maximum Gasteiger partial charge on any atom is 0.157 e. The molecular formula is C36H40N8O3. The van der Waals surface area contributed by atoms with E-state index in [2.05, 4.69) is 66.5 Å². The molecule has 11 nitrogen and oxygen atoms in total. The number of nitrogens with one attached hydrogen (secondary N) is 2.